The molecule has 0 aliphatic heterocycles. The molecule has 0 spiro atoms. The molecule has 5 heteroatoms. The monoisotopic (exact) mass is 248 g/mol. The fourth-order valence-corrected chi connectivity index (χ4v) is 2.53. The fraction of sp³-hybridized carbons (Fsp3) is 0.417. The molecule has 0 fully saturated rings. The predicted molar refractivity (Wildman–Crippen MR) is 69.0 cm³/mol. The first-order valence-corrected chi connectivity index (χ1v) is 6.49. The van der Waals surface area contributed by atoms with Gasteiger partial charge in [-0.15, -0.1) is 5.10 Å². The van der Waals surface area contributed by atoms with Gasteiger partial charge in [-0.25, -0.2) is 0 Å². The Morgan fingerprint density at radius 1 is 1.47 bits per heavy atom. The highest BCUT2D eigenvalue weighted by Gasteiger charge is 2.16. The molecule has 90 valence electrons. The molecule has 0 radical (unpaired) electrons. The van der Waals surface area contributed by atoms with Gasteiger partial charge in [-0.1, -0.05) is 17.5 Å². The third kappa shape index (κ3) is 3.08. The van der Waals surface area contributed by atoms with Gasteiger partial charge in [0.25, 0.3) is 0 Å². The molecule has 0 aliphatic carbocycles. The van der Waals surface area contributed by atoms with Crippen LogP contribution in [0.3, 0.4) is 0 Å². The Labute approximate surface area is 105 Å². The van der Waals surface area contributed by atoms with Crippen LogP contribution >= 0.6 is 11.5 Å². The average Bonchev–Trinajstić information content (AvgIpc) is 2.76. The van der Waals surface area contributed by atoms with Crippen molar-refractivity contribution in [1.29, 1.82) is 0 Å². The van der Waals surface area contributed by atoms with E-state index < -0.39 is 0 Å². The topological polar surface area (TPSA) is 50.7 Å². The third-order valence-electron chi connectivity index (χ3n) is 2.62. The molecule has 0 bridgehead atoms. The van der Waals surface area contributed by atoms with E-state index in [-0.39, 0.29) is 6.04 Å². The first-order valence-electron chi connectivity index (χ1n) is 5.72. The fourth-order valence-electron chi connectivity index (χ4n) is 1.82. The van der Waals surface area contributed by atoms with Crippen LogP contribution in [0.4, 0.5) is 0 Å². The van der Waals surface area contributed by atoms with Gasteiger partial charge in [0.15, 0.2) is 0 Å². The van der Waals surface area contributed by atoms with Crippen molar-refractivity contribution in [2.24, 2.45) is 0 Å². The molecule has 0 amide bonds. The number of rotatable bonds is 5. The Bertz CT molecular complexity index is 455. The molecular formula is C12H16N4S. The Kier molecular flexibility index (Phi) is 4.17. The molecule has 0 saturated carbocycles. The Balaban J connectivity index is 2.16. The molecule has 2 aromatic rings. The lowest BCUT2D eigenvalue weighted by molar-refractivity contribution is 0.554. The minimum Gasteiger partial charge on any atom is -0.309 e. The van der Waals surface area contributed by atoms with Gasteiger partial charge in [0.2, 0.25) is 0 Å². The summed E-state index contributed by atoms with van der Waals surface area (Å²) in [6, 6.07) is 4.35. The maximum absolute atomic E-state index is 4.15. The molecule has 0 aromatic carbocycles. The second-order valence-electron chi connectivity index (χ2n) is 3.90. The second-order valence-corrected chi connectivity index (χ2v) is 4.68. The summed E-state index contributed by atoms with van der Waals surface area (Å²) in [7, 11) is 0. The van der Waals surface area contributed by atoms with Crippen molar-refractivity contribution in [2.75, 3.05) is 6.54 Å². The first-order chi connectivity index (χ1) is 8.31. The van der Waals surface area contributed by atoms with E-state index in [1.54, 1.807) is 6.20 Å². The number of aryl methyl sites for hydroxylation is 1. The van der Waals surface area contributed by atoms with Crippen LogP contribution in [0.5, 0.6) is 0 Å². The molecule has 0 aliphatic rings. The van der Waals surface area contributed by atoms with Crippen LogP contribution in [0, 0.1) is 6.92 Å². The number of nitrogens with one attached hydrogen (secondary N) is 1. The largest absolute Gasteiger partial charge is 0.309 e. The van der Waals surface area contributed by atoms with Crippen molar-refractivity contribution in [3.05, 3.63) is 40.7 Å². The molecule has 17 heavy (non-hydrogen) atoms. The van der Waals surface area contributed by atoms with Crippen molar-refractivity contribution in [3.8, 4) is 0 Å². The SMILES string of the molecule is CCNC(Cc1cccnc1)c1snnc1C. The number of hydrogen-bond donors (Lipinski definition) is 1. The van der Waals surface area contributed by atoms with E-state index in [1.807, 2.05) is 19.2 Å². The standard InChI is InChI=1S/C12H16N4S/c1-3-14-11(12-9(2)15-16-17-12)7-10-5-4-6-13-8-10/h4-6,8,11,14H,3,7H2,1-2H3. The molecule has 0 saturated heterocycles. The van der Waals surface area contributed by atoms with E-state index in [2.05, 4.69) is 32.9 Å². The lowest BCUT2D eigenvalue weighted by Gasteiger charge is -2.16. The van der Waals surface area contributed by atoms with Gasteiger partial charge in [-0.3, -0.25) is 4.98 Å². The van der Waals surface area contributed by atoms with Gasteiger partial charge in [0, 0.05) is 18.4 Å². The van der Waals surface area contributed by atoms with E-state index >= 15 is 0 Å². The number of aromatic nitrogens is 3. The highest BCUT2D eigenvalue weighted by Crippen LogP contribution is 2.23. The van der Waals surface area contributed by atoms with Gasteiger partial charge >= 0.3 is 0 Å². The Hall–Kier alpha value is -1.33. The predicted octanol–water partition coefficient (Wildman–Crippen LogP) is 2.13. The first kappa shape index (κ1) is 12.1. The average molecular weight is 248 g/mol. The van der Waals surface area contributed by atoms with E-state index in [9.17, 15) is 0 Å². The molecule has 4 nitrogen and oxygen atoms in total. The second kappa shape index (κ2) is 5.84. The van der Waals surface area contributed by atoms with Gasteiger partial charge in [-0.2, -0.15) is 0 Å². The van der Waals surface area contributed by atoms with Crippen LogP contribution < -0.4 is 5.32 Å². The lowest BCUT2D eigenvalue weighted by atomic mass is 10.1. The zero-order valence-corrected chi connectivity index (χ0v) is 10.9. The lowest BCUT2D eigenvalue weighted by Crippen LogP contribution is -2.22. The zero-order valence-electron chi connectivity index (χ0n) is 10.1. The third-order valence-corrected chi connectivity index (χ3v) is 3.56. The number of nitrogens with zero attached hydrogens (tertiary/aromatic N) is 3. The molecule has 1 unspecified atom stereocenters. The van der Waals surface area contributed by atoms with Crippen LogP contribution in [0.1, 0.15) is 29.1 Å². The van der Waals surface area contributed by atoms with Crippen molar-refractivity contribution in [1.82, 2.24) is 19.9 Å². The number of likely N-dealkylation sites (N-methyl/N-ethyl adjacent to an activating group) is 1. The van der Waals surface area contributed by atoms with E-state index in [0.29, 0.717) is 0 Å². The normalized spacial score (nSPS) is 12.6. The maximum atomic E-state index is 4.15. The van der Waals surface area contributed by atoms with E-state index in [4.69, 9.17) is 0 Å². The van der Waals surface area contributed by atoms with Crippen LogP contribution in [0.15, 0.2) is 24.5 Å². The van der Waals surface area contributed by atoms with Crippen molar-refractivity contribution < 1.29 is 0 Å². The van der Waals surface area contributed by atoms with Gasteiger partial charge in [-0.05, 0) is 43.1 Å². The summed E-state index contributed by atoms with van der Waals surface area (Å²) < 4.78 is 4.00. The van der Waals surface area contributed by atoms with Crippen LogP contribution in [0.25, 0.3) is 0 Å². The molecule has 2 aromatic heterocycles. The highest BCUT2D eigenvalue weighted by atomic mass is 32.1. The van der Waals surface area contributed by atoms with Crippen molar-refractivity contribution in [2.45, 2.75) is 26.3 Å². The molecule has 1 atom stereocenters. The molecule has 1 N–H and O–H groups in total. The number of pyridine rings is 1. The van der Waals surface area contributed by atoms with E-state index in [0.717, 1.165) is 18.7 Å². The summed E-state index contributed by atoms with van der Waals surface area (Å²) in [6.45, 7) is 5.05. The molecule has 2 rings (SSSR count). The summed E-state index contributed by atoms with van der Waals surface area (Å²) in [5.41, 5.74) is 2.25. The quantitative estimate of drug-likeness (QED) is 0.880. The Morgan fingerprint density at radius 3 is 2.94 bits per heavy atom. The van der Waals surface area contributed by atoms with Gasteiger partial charge < -0.3 is 5.32 Å². The van der Waals surface area contributed by atoms with Crippen molar-refractivity contribution >= 4 is 11.5 Å². The maximum Gasteiger partial charge on any atom is 0.0772 e. The zero-order chi connectivity index (χ0) is 12.1. The summed E-state index contributed by atoms with van der Waals surface area (Å²) in [5.74, 6) is 0. The summed E-state index contributed by atoms with van der Waals surface area (Å²) in [4.78, 5) is 5.36. The highest BCUT2D eigenvalue weighted by molar-refractivity contribution is 7.05. The minimum atomic E-state index is 0.282. The van der Waals surface area contributed by atoms with E-state index in [1.165, 1.54) is 22.0 Å². The van der Waals surface area contributed by atoms with Gasteiger partial charge in [0.1, 0.15) is 0 Å². The molecule has 2 heterocycles. The van der Waals surface area contributed by atoms with Crippen molar-refractivity contribution in [3.63, 3.8) is 0 Å². The summed E-state index contributed by atoms with van der Waals surface area (Å²) in [6.07, 6.45) is 4.63. The summed E-state index contributed by atoms with van der Waals surface area (Å²) >= 11 is 1.47. The van der Waals surface area contributed by atoms with Crippen LogP contribution in [0.2, 0.25) is 0 Å². The summed E-state index contributed by atoms with van der Waals surface area (Å²) in [5, 5.41) is 7.55. The minimum absolute atomic E-state index is 0.282. The van der Waals surface area contributed by atoms with Crippen LogP contribution in [-0.2, 0) is 6.42 Å². The smallest absolute Gasteiger partial charge is 0.0772 e. The van der Waals surface area contributed by atoms with Gasteiger partial charge in [0.05, 0.1) is 10.6 Å². The van der Waals surface area contributed by atoms with Crippen LogP contribution in [-0.4, -0.2) is 21.1 Å². The number of hydrogen-bond acceptors (Lipinski definition) is 5. The molecular weight excluding hydrogens is 232 g/mol. The Morgan fingerprint density at radius 2 is 2.35 bits per heavy atom.